The topological polar surface area (TPSA) is 36.4 Å². The van der Waals surface area contributed by atoms with E-state index in [-0.39, 0.29) is 5.91 Å². The lowest BCUT2D eigenvalue weighted by Gasteiger charge is -2.18. The van der Waals surface area contributed by atoms with E-state index in [1.54, 1.807) is 12.4 Å². The molecule has 0 aliphatic carbocycles. The van der Waals surface area contributed by atoms with Crippen molar-refractivity contribution in [2.45, 2.75) is 32.1 Å². The number of carbonyl (C=O) groups is 1. The summed E-state index contributed by atoms with van der Waals surface area (Å²) in [7, 11) is 1.89. The fourth-order valence-electron chi connectivity index (χ4n) is 3.26. The summed E-state index contributed by atoms with van der Waals surface area (Å²) in [5.41, 5.74) is 3.76. The molecule has 132 valence electrons. The first-order chi connectivity index (χ1) is 12.2. The van der Waals surface area contributed by atoms with Crippen molar-refractivity contribution < 1.29 is 4.79 Å². The molecule has 1 aliphatic rings. The molecule has 0 N–H and O–H groups in total. The number of benzene rings is 1. The standard InChI is InChI=1S/C21H27N3O/c1-23(17-12-19-10-13-22-14-11-19)21(25)9-6-18-4-7-20(8-5-18)24-15-2-3-16-24/h4-5,7-8,10-11,13-14H,2-3,6,9,12,15-17H2,1H3. The molecule has 2 heterocycles. The Bertz CT molecular complexity index is 663. The molecule has 0 spiro atoms. The van der Waals surface area contributed by atoms with Crippen molar-refractivity contribution in [3.63, 3.8) is 0 Å². The lowest BCUT2D eigenvalue weighted by Crippen LogP contribution is -2.29. The van der Waals surface area contributed by atoms with Gasteiger partial charge in [0, 0.05) is 51.2 Å². The number of likely N-dealkylation sites (N-methyl/N-ethyl adjacent to an activating group) is 1. The van der Waals surface area contributed by atoms with Crippen LogP contribution >= 0.6 is 0 Å². The van der Waals surface area contributed by atoms with Crippen LogP contribution in [0, 0.1) is 0 Å². The van der Waals surface area contributed by atoms with Gasteiger partial charge in [-0.05, 0) is 61.1 Å². The molecule has 1 aliphatic heterocycles. The average Bonchev–Trinajstić information content (AvgIpc) is 3.20. The van der Waals surface area contributed by atoms with Crippen LogP contribution in [0.2, 0.25) is 0 Å². The molecule has 1 amide bonds. The molecular formula is C21H27N3O. The van der Waals surface area contributed by atoms with Crippen molar-refractivity contribution in [2.24, 2.45) is 0 Å². The number of nitrogens with zero attached hydrogens (tertiary/aromatic N) is 3. The quantitative estimate of drug-likeness (QED) is 0.778. The minimum atomic E-state index is 0.206. The van der Waals surface area contributed by atoms with Gasteiger partial charge in [-0.25, -0.2) is 0 Å². The highest BCUT2D eigenvalue weighted by atomic mass is 16.2. The molecule has 25 heavy (non-hydrogen) atoms. The van der Waals surface area contributed by atoms with Crippen LogP contribution in [0.3, 0.4) is 0 Å². The lowest BCUT2D eigenvalue weighted by molar-refractivity contribution is -0.129. The van der Waals surface area contributed by atoms with E-state index in [0.29, 0.717) is 6.42 Å². The Kier molecular flexibility index (Phi) is 6.04. The van der Waals surface area contributed by atoms with Crippen LogP contribution in [0.1, 0.15) is 30.4 Å². The van der Waals surface area contributed by atoms with Gasteiger partial charge in [-0.15, -0.1) is 0 Å². The van der Waals surface area contributed by atoms with Crippen molar-refractivity contribution in [1.29, 1.82) is 0 Å². The van der Waals surface area contributed by atoms with E-state index in [0.717, 1.165) is 19.4 Å². The van der Waals surface area contributed by atoms with Crippen LogP contribution in [0.25, 0.3) is 0 Å². The Morgan fingerprint density at radius 3 is 2.32 bits per heavy atom. The van der Waals surface area contributed by atoms with Crippen molar-refractivity contribution >= 4 is 11.6 Å². The predicted molar refractivity (Wildman–Crippen MR) is 102 cm³/mol. The number of anilines is 1. The summed E-state index contributed by atoms with van der Waals surface area (Å²) in [4.78, 5) is 20.6. The molecule has 4 nitrogen and oxygen atoms in total. The number of rotatable bonds is 7. The Hall–Kier alpha value is -2.36. The maximum Gasteiger partial charge on any atom is 0.222 e. The number of amides is 1. The third kappa shape index (κ3) is 5.05. The second-order valence-electron chi connectivity index (χ2n) is 6.78. The molecule has 4 heteroatoms. The van der Waals surface area contributed by atoms with E-state index >= 15 is 0 Å². The minimum absolute atomic E-state index is 0.206. The zero-order chi connectivity index (χ0) is 17.5. The average molecular weight is 337 g/mol. The number of hydrogen-bond donors (Lipinski definition) is 0. The molecule has 3 rings (SSSR count). The number of hydrogen-bond acceptors (Lipinski definition) is 3. The number of aromatic nitrogens is 1. The zero-order valence-corrected chi connectivity index (χ0v) is 15.0. The van der Waals surface area contributed by atoms with Gasteiger partial charge in [0.25, 0.3) is 0 Å². The highest BCUT2D eigenvalue weighted by molar-refractivity contribution is 5.76. The Labute approximate surface area is 150 Å². The Morgan fingerprint density at radius 1 is 1.00 bits per heavy atom. The highest BCUT2D eigenvalue weighted by Crippen LogP contribution is 2.20. The van der Waals surface area contributed by atoms with Gasteiger partial charge in [-0.1, -0.05) is 12.1 Å². The Morgan fingerprint density at radius 2 is 1.64 bits per heavy atom. The zero-order valence-electron chi connectivity index (χ0n) is 15.0. The van der Waals surface area contributed by atoms with Crippen molar-refractivity contribution in [2.75, 3.05) is 31.6 Å². The first kappa shape index (κ1) is 17.5. The van der Waals surface area contributed by atoms with Crippen LogP contribution in [0.4, 0.5) is 5.69 Å². The smallest absolute Gasteiger partial charge is 0.222 e. The third-order valence-electron chi connectivity index (χ3n) is 4.95. The van der Waals surface area contributed by atoms with Gasteiger partial charge in [-0.3, -0.25) is 9.78 Å². The molecule has 2 aromatic rings. The van der Waals surface area contributed by atoms with E-state index in [1.807, 2.05) is 24.1 Å². The van der Waals surface area contributed by atoms with Gasteiger partial charge in [0.2, 0.25) is 5.91 Å². The van der Waals surface area contributed by atoms with Crippen molar-refractivity contribution in [3.05, 3.63) is 59.9 Å². The fourth-order valence-corrected chi connectivity index (χ4v) is 3.26. The normalized spacial score (nSPS) is 13.9. The van der Waals surface area contributed by atoms with Gasteiger partial charge in [0.1, 0.15) is 0 Å². The maximum atomic E-state index is 12.3. The molecule has 1 fully saturated rings. The molecule has 1 aromatic carbocycles. The number of aryl methyl sites for hydroxylation is 1. The second-order valence-corrected chi connectivity index (χ2v) is 6.78. The van der Waals surface area contributed by atoms with Crippen LogP contribution in [0.15, 0.2) is 48.8 Å². The van der Waals surface area contributed by atoms with E-state index in [4.69, 9.17) is 0 Å². The van der Waals surface area contributed by atoms with E-state index < -0.39 is 0 Å². The summed E-state index contributed by atoms with van der Waals surface area (Å²) in [6, 6.07) is 12.7. The largest absolute Gasteiger partial charge is 0.372 e. The Balaban J connectivity index is 1.43. The van der Waals surface area contributed by atoms with E-state index in [2.05, 4.69) is 34.1 Å². The molecule has 0 radical (unpaired) electrons. The van der Waals surface area contributed by atoms with Gasteiger partial charge in [0.05, 0.1) is 0 Å². The molecule has 1 aromatic heterocycles. The third-order valence-corrected chi connectivity index (χ3v) is 4.95. The maximum absolute atomic E-state index is 12.3. The van der Waals surface area contributed by atoms with Gasteiger partial charge in [-0.2, -0.15) is 0 Å². The van der Waals surface area contributed by atoms with E-state index in [9.17, 15) is 4.79 Å². The fraction of sp³-hybridized carbons (Fsp3) is 0.429. The number of pyridine rings is 1. The summed E-state index contributed by atoms with van der Waals surface area (Å²) in [5.74, 6) is 0.206. The van der Waals surface area contributed by atoms with Gasteiger partial charge >= 0.3 is 0 Å². The molecular weight excluding hydrogens is 310 g/mol. The van der Waals surface area contributed by atoms with Crippen LogP contribution < -0.4 is 4.90 Å². The van der Waals surface area contributed by atoms with Crippen LogP contribution in [-0.4, -0.2) is 42.5 Å². The minimum Gasteiger partial charge on any atom is -0.372 e. The predicted octanol–water partition coefficient (Wildman–Crippen LogP) is 3.32. The number of carbonyl (C=O) groups excluding carboxylic acids is 1. The van der Waals surface area contributed by atoms with Crippen molar-refractivity contribution in [1.82, 2.24) is 9.88 Å². The SMILES string of the molecule is CN(CCc1ccncc1)C(=O)CCc1ccc(N2CCCC2)cc1. The first-order valence-corrected chi connectivity index (χ1v) is 9.19. The highest BCUT2D eigenvalue weighted by Gasteiger charge is 2.12. The molecule has 0 saturated carbocycles. The lowest BCUT2D eigenvalue weighted by atomic mass is 10.1. The molecule has 0 unspecified atom stereocenters. The summed E-state index contributed by atoms with van der Waals surface area (Å²) >= 11 is 0. The monoisotopic (exact) mass is 337 g/mol. The second kappa shape index (κ2) is 8.65. The summed E-state index contributed by atoms with van der Waals surface area (Å²) in [5, 5.41) is 0. The van der Waals surface area contributed by atoms with E-state index in [1.165, 1.54) is 42.7 Å². The van der Waals surface area contributed by atoms with Gasteiger partial charge in [0.15, 0.2) is 0 Å². The molecule has 0 atom stereocenters. The van der Waals surface area contributed by atoms with Gasteiger partial charge < -0.3 is 9.80 Å². The molecule has 0 bridgehead atoms. The van der Waals surface area contributed by atoms with Crippen molar-refractivity contribution in [3.8, 4) is 0 Å². The van der Waals surface area contributed by atoms with Crippen LogP contribution in [0.5, 0.6) is 0 Å². The van der Waals surface area contributed by atoms with Crippen LogP contribution in [-0.2, 0) is 17.6 Å². The molecule has 1 saturated heterocycles. The summed E-state index contributed by atoms with van der Waals surface area (Å²) in [6.07, 6.45) is 8.42. The first-order valence-electron chi connectivity index (χ1n) is 9.19. The summed E-state index contributed by atoms with van der Waals surface area (Å²) < 4.78 is 0. The summed E-state index contributed by atoms with van der Waals surface area (Å²) in [6.45, 7) is 3.08.